The molecule has 0 spiro atoms. The Balaban J connectivity index is 1.91. The fraction of sp³-hybridized carbons (Fsp3) is 0.375. The van der Waals surface area contributed by atoms with E-state index in [0.717, 1.165) is 12.0 Å². The molecule has 2 aromatic carbocycles. The number of amides is 1. The molecule has 0 aromatic heterocycles. The maximum absolute atomic E-state index is 12.5. The van der Waals surface area contributed by atoms with Crippen molar-refractivity contribution >= 4 is 29.4 Å². The second-order valence-electron chi connectivity index (χ2n) is 8.03. The number of rotatable bonds is 9. The van der Waals surface area contributed by atoms with Gasteiger partial charge in [0.2, 0.25) is 5.91 Å². The third-order valence-electron chi connectivity index (χ3n) is 4.51. The molecule has 160 valence electrons. The van der Waals surface area contributed by atoms with E-state index in [4.69, 9.17) is 4.74 Å². The van der Waals surface area contributed by atoms with Crippen molar-refractivity contribution in [3.8, 4) is 0 Å². The van der Waals surface area contributed by atoms with E-state index < -0.39 is 11.4 Å². The zero-order valence-electron chi connectivity index (χ0n) is 17.9. The Labute approximate surface area is 182 Å². The molecular formula is C24H29NO4S. The molecular weight excluding hydrogens is 398 g/mol. The van der Waals surface area contributed by atoms with Gasteiger partial charge in [0.05, 0.1) is 10.8 Å². The molecule has 1 unspecified atom stereocenters. The zero-order chi connectivity index (χ0) is 22.1. The quantitative estimate of drug-likeness (QED) is 0.477. The monoisotopic (exact) mass is 427 g/mol. The number of ether oxygens (including phenoxy) is 1. The van der Waals surface area contributed by atoms with Gasteiger partial charge in [0, 0.05) is 16.9 Å². The Hall–Kier alpha value is -2.60. The molecule has 0 aliphatic heterocycles. The Morgan fingerprint density at radius 1 is 1.00 bits per heavy atom. The van der Waals surface area contributed by atoms with E-state index in [1.54, 1.807) is 52.0 Å². The van der Waals surface area contributed by atoms with Crippen LogP contribution in [0.15, 0.2) is 59.5 Å². The summed E-state index contributed by atoms with van der Waals surface area (Å²) in [4.78, 5) is 37.6. The number of thioether (sulfide) groups is 1. The average Bonchev–Trinajstić information content (AvgIpc) is 2.72. The molecule has 6 heteroatoms. The Kier molecular flexibility index (Phi) is 8.66. The van der Waals surface area contributed by atoms with Crippen LogP contribution in [0, 0.1) is 5.41 Å². The average molecular weight is 428 g/mol. The largest absolute Gasteiger partial charge is 0.454 e. The van der Waals surface area contributed by atoms with Crippen LogP contribution in [0.25, 0.3) is 0 Å². The van der Waals surface area contributed by atoms with Crippen LogP contribution in [0.5, 0.6) is 0 Å². The summed E-state index contributed by atoms with van der Waals surface area (Å²) in [6.07, 6.45) is 0.759. The van der Waals surface area contributed by atoms with Crippen LogP contribution in [0.1, 0.15) is 43.6 Å². The number of benzene rings is 2. The molecule has 1 N–H and O–H groups in total. The Morgan fingerprint density at radius 2 is 1.63 bits per heavy atom. The molecule has 5 nitrogen and oxygen atoms in total. The fourth-order valence-corrected chi connectivity index (χ4v) is 3.53. The minimum atomic E-state index is -0.569. The van der Waals surface area contributed by atoms with Crippen LogP contribution >= 0.6 is 11.8 Å². The predicted molar refractivity (Wildman–Crippen MR) is 120 cm³/mol. The minimum absolute atomic E-state index is 0.0954. The van der Waals surface area contributed by atoms with Crippen molar-refractivity contribution < 1.29 is 19.1 Å². The summed E-state index contributed by atoms with van der Waals surface area (Å²) in [6.45, 7) is 7.43. The highest BCUT2D eigenvalue weighted by Gasteiger charge is 2.24. The number of hydrogen-bond acceptors (Lipinski definition) is 5. The molecule has 0 heterocycles. The third-order valence-corrected chi connectivity index (χ3v) is 5.68. The second-order valence-corrected chi connectivity index (χ2v) is 9.41. The van der Waals surface area contributed by atoms with Crippen LogP contribution in [0.4, 0.5) is 0 Å². The van der Waals surface area contributed by atoms with Crippen LogP contribution in [-0.4, -0.2) is 36.1 Å². The van der Waals surface area contributed by atoms with E-state index in [9.17, 15) is 14.4 Å². The van der Waals surface area contributed by atoms with Gasteiger partial charge in [0.25, 0.3) is 0 Å². The van der Waals surface area contributed by atoms with E-state index >= 15 is 0 Å². The molecule has 0 radical (unpaired) electrons. The SMILES string of the molecule is CC(Sc1ccccc1C(=O)OCC(=O)C(C)(C)C)C(=O)NCCc1ccccc1. The second kappa shape index (κ2) is 11.0. The molecule has 1 amide bonds. The molecule has 2 aromatic rings. The number of carbonyl (C=O) groups is 3. The Morgan fingerprint density at radius 3 is 2.30 bits per heavy atom. The number of ketones is 1. The van der Waals surface area contributed by atoms with Crippen LogP contribution in [0.2, 0.25) is 0 Å². The zero-order valence-corrected chi connectivity index (χ0v) is 18.8. The van der Waals surface area contributed by atoms with Gasteiger partial charge in [0.1, 0.15) is 0 Å². The van der Waals surface area contributed by atoms with Gasteiger partial charge in [-0.15, -0.1) is 11.8 Å². The van der Waals surface area contributed by atoms with E-state index in [1.165, 1.54) is 11.8 Å². The lowest BCUT2D eigenvalue weighted by Crippen LogP contribution is -2.32. The molecule has 0 fully saturated rings. The summed E-state index contributed by atoms with van der Waals surface area (Å²) in [6, 6.07) is 16.9. The van der Waals surface area contributed by atoms with E-state index in [0.29, 0.717) is 17.0 Å². The lowest BCUT2D eigenvalue weighted by molar-refractivity contribution is -0.129. The highest BCUT2D eigenvalue weighted by Crippen LogP contribution is 2.27. The van der Waals surface area contributed by atoms with Crippen molar-refractivity contribution in [1.29, 1.82) is 0 Å². The number of esters is 1. The molecule has 0 aliphatic carbocycles. The molecule has 30 heavy (non-hydrogen) atoms. The highest BCUT2D eigenvalue weighted by molar-refractivity contribution is 8.00. The maximum Gasteiger partial charge on any atom is 0.339 e. The summed E-state index contributed by atoms with van der Waals surface area (Å²) in [5, 5.41) is 2.55. The summed E-state index contributed by atoms with van der Waals surface area (Å²) < 4.78 is 5.21. The normalized spacial score (nSPS) is 12.1. The standard InChI is InChI=1S/C24H29NO4S/c1-17(22(27)25-15-14-18-10-6-5-7-11-18)30-20-13-9-8-12-19(20)23(28)29-16-21(26)24(2,3)4/h5-13,17H,14-16H2,1-4H3,(H,25,27). The fourth-order valence-electron chi connectivity index (χ4n) is 2.53. The molecule has 2 rings (SSSR count). The van der Waals surface area contributed by atoms with Crippen molar-refractivity contribution in [2.75, 3.05) is 13.2 Å². The van der Waals surface area contributed by atoms with Gasteiger partial charge in [-0.2, -0.15) is 0 Å². The first-order valence-corrected chi connectivity index (χ1v) is 10.8. The van der Waals surface area contributed by atoms with Gasteiger partial charge < -0.3 is 10.1 Å². The van der Waals surface area contributed by atoms with Crippen molar-refractivity contribution in [1.82, 2.24) is 5.32 Å². The van der Waals surface area contributed by atoms with Gasteiger partial charge in [-0.3, -0.25) is 9.59 Å². The van der Waals surface area contributed by atoms with Crippen molar-refractivity contribution in [2.24, 2.45) is 5.41 Å². The predicted octanol–water partition coefficient (Wildman–Crippen LogP) is 4.30. The lowest BCUT2D eigenvalue weighted by atomic mass is 9.91. The van der Waals surface area contributed by atoms with Crippen molar-refractivity contribution in [2.45, 2.75) is 44.3 Å². The van der Waals surface area contributed by atoms with Gasteiger partial charge in [0.15, 0.2) is 12.4 Å². The molecule has 0 aliphatic rings. The first-order chi connectivity index (χ1) is 14.2. The first kappa shape index (κ1) is 23.7. The van der Waals surface area contributed by atoms with Crippen LogP contribution in [0.3, 0.4) is 0 Å². The molecule has 0 saturated carbocycles. The van der Waals surface area contributed by atoms with Gasteiger partial charge >= 0.3 is 5.97 Å². The third kappa shape index (κ3) is 7.34. The number of Topliss-reactive ketones (excluding diaryl/α,β-unsaturated/α-hetero) is 1. The summed E-state index contributed by atoms with van der Waals surface area (Å²) >= 11 is 1.29. The first-order valence-electron chi connectivity index (χ1n) is 9.96. The lowest BCUT2D eigenvalue weighted by Gasteiger charge is -2.17. The topological polar surface area (TPSA) is 72.5 Å². The number of nitrogens with one attached hydrogen (secondary N) is 1. The van der Waals surface area contributed by atoms with Crippen LogP contribution in [-0.2, 0) is 20.7 Å². The molecule has 1 atom stereocenters. The van der Waals surface area contributed by atoms with E-state index in [2.05, 4.69) is 5.32 Å². The van der Waals surface area contributed by atoms with Crippen molar-refractivity contribution in [3.63, 3.8) is 0 Å². The smallest absolute Gasteiger partial charge is 0.339 e. The number of hydrogen-bond donors (Lipinski definition) is 1. The highest BCUT2D eigenvalue weighted by atomic mass is 32.2. The Bertz CT molecular complexity index is 874. The van der Waals surface area contributed by atoms with Crippen molar-refractivity contribution in [3.05, 3.63) is 65.7 Å². The number of carbonyl (C=O) groups excluding carboxylic acids is 3. The minimum Gasteiger partial charge on any atom is -0.454 e. The van der Waals surface area contributed by atoms with Crippen LogP contribution < -0.4 is 5.32 Å². The summed E-state index contributed by atoms with van der Waals surface area (Å²) in [5.74, 6) is -0.804. The molecule has 0 saturated heterocycles. The van der Waals surface area contributed by atoms with E-state index in [1.807, 2.05) is 30.3 Å². The maximum atomic E-state index is 12.5. The van der Waals surface area contributed by atoms with E-state index in [-0.39, 0.29) is 23.5 Å². The summed E-state index contributed by atoms with van der Waals surface area (Å²) in [5.41, 5.74) is 0.949. The summed E-state index contributed by atoms with van der Waals surface area (Å²) in [7, 11) is 0. The van der Waals surface area contributed by atoms with Gasteiger partial charge in [-0.05, 0) is 31.0 Å². The molecule has 0 bridgehead atoms. The van der Waals surface area contributed by atoms with Gasteiger partial charge in [-0.25, -0.2) is 4.79 Å². The van der Waals surface area contributed by atoms with Gasteiger partial charge in [-0.1, -0.05) is 63.2 Å².